The van der Waals surface area contributed by atoms with Gasteiger partial charge in [0.1, 0.15) is 0 Å². The number of hydrogen-bond acceptors (Lipinski definition) is 5. The van der Waals surface area contributed by atoms with Crippen molar-refractivity contribution in [2.75, 3.05) is 5.32 Å². The van der Waals surface area contributed by atoms with Crippen LogP contribution in [-0.2, 0) is 27.9 Å². The van der Waals surface area contributed by atoms with Crippen LogP contribution in [0.2, 0.25) is 0 Å². The zero-order valence-corrected chi connectivity index (χ0v) is 16.6. The fourth-order valence-corrected chi connectivity index (χ4v) is 5.16. The lowest BCUT2D eigenvalue weighted by atomic mass is 10.2. The number of anilines is 1. The van der Waals surface area contributed by atoms with Gasteiger partial charge in [0.15, 0.2) is 0 Å². The molecule has 0 unspecified atom stereocenters. The minimum absolute atomic E-state index is 0.204. The first-order chi connectivity index (χ1) is 12.9. The van der Waals surface area contributed by atoms with Crippen molar-refractivity contribution in [3.8, 4) is 0 Å². The topological polar surface area (TPSA) is 79.6 Å². The van der Waals surface area contributed by atoms with Crippen LogP contribution in [0, 0.1) is 6.92 Å². The van der Waals surface area contributed by atoms with E-state index in [1.165, 1.54) is 34.9 Å². The summed E-state index contributed by atoms with van der Waals surface area (Å²) in [5.74, 6) is -0.204. The van der Waals surface area contributed by atoms with E-state index in [0.717, 1.165) is 10.4 Å². The van der Waals surface area contributed by atoms with Gasteiger partial charge in [0.25, 0.3) is 0 Å². The number of rotatable bonds is 7. The Morgan fingerprint density at radius 2 is 2.04 bits per heavy atom. The molecule has 0 radical (unpaired) electrons. The number of benzene rings is 1. The van der Waals surface area contributed by atoms with Crippen molar-refractivity contribution in [1.82, 2.24) is 4.31 Å². The standard InChI is InChI=1S/C19H20N2O4S2/c1-14-10-17(20-15(2)22)5-6-19(14)27(23,24)21(11-16-7-8-25-13-16)12-18-4-3-9-26-18/h3-10,13H,11-12H2,1-2H3,(H,20,22). The molecule has 3 rings (SSSR count). The third-order valence-corrected chi connectivity index (χ3v) is 6.78. The van der Waals surface area contributed by atoms with E-state index in [9.17, 15) is 13.2 Å². The van der Waals surface area contributed by atoms with E-state index >= 15 is 0 Å². The number of carbonyl (C=O) groups excluding carboxylic acids is 1. The average molecular weight is 405 g/mol. The molecule has 1 N–H and O–H groups in total. The van der Waals surface area contributed by atoms with Crippen LogP contribution in [0.5, 0.6) is 0 Å². The van der Waals surface area contributed by atoms with E-state index in [-0.39, 0.29) is 23.9 Å². The van der Waals surface area contributed by atoms with Gasteiger partial charge in [-0.1, -0.05) is 6.07 Å². The van der Waals surface area contributed by atoms with E-state index in [4.69, 9.17) is 4.42 Å². The van der Waals surface area contributed by atoms with E-state index < -0.39 is 10.0 Å². The summed E-state index contributed by atoms with van der Waals surface area (Å²) >= 11 is 1.51. The molecule has 0 spiro atoms. The Balaban J connectivity index is 1.95. The van der Waals surface area contributed by atoms with Gasteiger partial charge in [-0.05, 0) is 48.2 Å². The molecule has 27 heavy (non-hydrogen) atoms. The van der Waals surface area contributed by atoms with Crippen molar-refractivity contribution in [3.63, 3.8) is 0 Å². The minimum Gasteiger partial charge on any atom is -0.472 e. The van der Waals surface area contributed by atoms with Crippen LogP contribution in [0.25, 0.3) is 0 Å². The number of furan rings is 1. The van der Waals surface area contributed by atoms with E-state index in [1.807, 2.05) is 17.5 Å². The first-order valence-electron chi connectivity index (χ1n) is 8.28. The second-order valence-corrected chi connectivity index (χ2v) is 9.08. The van der Waals surface area contributed by atoms with Crippen molar-refractivity contribution < 1.29 is 17.6 Å². The second kappa shape index (κ2) is 8.08. The zero-order chi connectivity index (χ0) is 19.4. The number of thiophene rings is 1. The van der Waals surface area contributed by atoms with E-state index in [0.29, 0.717) is 11.3 Å². The molecule has 1 amide bonds. The van der Waals surface area contributed by atoms with Gasteiger partial charge in [0.2, 0.25) is 15.9 Å². The Kier molecular flexibility index (Phi) is 5.79. The number of carbonyl (C=O) groups is 1. The minimum atomic E-state index is -3.74. The Labute approximate surface area is 162 Å². The van der Waals surface area contributed by atoms with Gasteiger partial charge in [-0.3, -0.25) is 4.79 Å². The number of nitrogens with one attached hydrogen (secondary N) is 1. The maximum Gasteiger partial charge on any atom is 0.243 e. The van der Waals surface area contributed by atoms with Crippen LogP contribution in [0.3, 0.4) is 0 Å². The highest BCUT2D eigenvalue weighted by Crippen LogP contribution is 2.27. The number of sulfonamides is 1. The maximum absolute atomic E-state index is 13.4. The summed E-state index contributed by atoms with van der Waals surface area (Å²) in [6, 6.07) is 10.4. The third-order valence-electron chi connectivity index (χ3n) is 3.96. The molecule has 0 aliphatic carbocycles. The van der Waals surface area contributed by atoms with Crippen LogP contribution < -0.4 is 5.32 Å². The lowest BCUT2D eigenvalue weighted by molar-refractivity contribution is -0.114. The molecule has 0 aliphatic rings. The summed E-state index contributed by atoms with van der Waals surface area (Å²) < 4.78 is 33.2. The fourth-order valence-electron chi connectivity index (χ4n) is 2.75. The van der Waals surface area contributed by atoms with Gasteiger partial charge in [-0.15, -0.1) is 11.3 Å². The van der Waals surface area contributed by atoms with Crippen molar-refractivity contribution in [3.05, 3.63) is 70.3 Å². The molecule has 8 heteroatoms. The predicted molar refractivity (Wildman–Crippen MR) is 105 cm³/mol. The first-order valence-corrected chi connectivity index (χ1v) is 10.6. The molecule has 3 aromatic rings. The van der Waals surface area contributed by atoms with Crippen molar-refractivity contribution in [1.29, 1.82) is 0 Å². The van der Waals surface area contributed by atoms with Crippen LogP contribution in [0.15, 0.2) is 63.6 Å². The van der Waals surface area contributed by atoms with Gasteiger partial charge in [0, 0.05) is 36.1 Å². The summed E-state index contributed by atoms with van der Waals surface area (Å²) in [5, 5.41) is 4.59. The largest absolute Gasteiger partial charge is 0.472 e. The van der Waals surface area contributed by atoms with Crippen LogP contribution >= 0.6 is 11.3 Å². The fraction of sp³-hybridized carbons (Fsp3) is 0.211. The summed E-state index contributed by atoms with van der Waals surface area (Å²) in [6.45, 7) is 3.62. The molecular formula is C19H20N2O4S2. The Bertz CT molecular complexity index is 974. The van der Waals surface area contributed by atoms with E-state index in [2.05, 4.69) is 5.32 Å². The second-order valence-electron chi connectivity index (χ2n) is 6.15. The predicted octanol–water partition coefficient (Wildman–Crippen LogP) is 4.00. The van der Waals surface area contributed by atoms with Gasteiger partial charge in [-0.25, -0.2) is 8.42 Å². The molecule has 2 heterocycles. The zero-order valence-electron chi connectivity index (χ0n) is 15.0. The number of nitrogens with zero attached hydrogens (tertiary/aromatic N) is 1. The Hall–Kier alpha value is -2.42. The molecule has 0 aliphatic heterocycles. The molecular weight excluding hydrogens is 384 g/mol. The normalized spacial score (nSPS) is 11.7. The molecule has 0 atom stereocenters. The number of amides is 1. The van der Waals surface area contributed by atoms with Gasteiger partial charge in [-0.2, -0.15) is 4.31 Å². The first kappa shape index (κ1) is 19.3. The van der Waals surface area contributed by atoms with Crippen LogP contribution in [-0.4, -0.2) is 18.6 Å². The Morgan fingerprint density at radius 1 is 1.22 bits per heavy atom. The summed E-state index contributed by atoms with van der Waals surface area (Å²) in [5.41, 5.74) is 1.92. The summed E-state index contributed by atoms with van der Waals surface area (Å²) in [4.78, 5) is 12.4. The lowest BCUT2D eigenvalue weighted by Gasteiger charge is -2.22. The van der Waals surface area contributed by atoms with Crippen LogP contribution in [0.4, 0.5) is 5.69 Å². The third kappa shape index (κ3) is 4.65. The smallest absolute Gasteiger partial charge is 0.243 e. The van der Waals surface area contributed by atoms with Crippen LogP contribution in [0.1, 0.15) is 22.9 Å². The number of aryl methyl sites for hydroxylation is 1. The highest BCUT2D eigenvalue weighted by Gasteiger charge is 2.27. The summed E-state index contributed by atoms with van der Waals surface area (Å²) in [7, 11) is -3.74. The molecule has 6 nitrogen and oxygen atoms in total. The molecule has 0 bridgehead atoms. The summed E-state index contributed by atoms with van der Waals surface area (Å²) in [6.07, 6.45) is 3.07. The lowest BCUT2D eigenvalue weighted by Crippen LogP contribution is -2.30. The number of hydrogen-bond donors (Lipinski definition) is 1. The van der Waals surface area contributed by atoms with E-state index in [1.54, 1.807) is 31.4 Å². The highest BCUT2D eigenvalue weighted by atomic mass is 32.2. The molecule has 142 valence electrons. The molecule has 0 fully saturated rings. The molecule has 2 aromatic heterocycles. The SMILES string of the molecule is CC(=O)Nc1ccc(S(=O)(=O)N(Cc2ccoc2)Cc2cccs2)c(C)c1. The monoisotopic (exact) mass is 404 g/mol. The van der Waals surface area contributed by atoms with Gasteiger partial charge in [0.05, 0.1) is 17.4 Å². The van der Waals surface area contributed by atoms with Crippen molar-refractivity contribution in [2.24, 2.45) is 0 Å². The average Bonchev–Trinajstić information content (AvgIpc) is 3.27. The molecule has 1 aromatic carbocycles. The quantitative estimate of drug-likeness (QED) is 0.645. The molecule has 0 saturated heterocycles. The van der Waals surface area contributed by atoms with Gasteiger partial charge >= 0.3 is 0 Å². The highest BCUT2D eigenvalue weighted by molar-refractivity contribution is 7.89. The van der Waals surface area contributed by atoms with Crippen molar-refractivity contribution in [2.45, 2.75) is 31.8 Å². The molecule has 0 saturated carbocycles. The van der Waals surface area contributed by atoms with Gasteiger partial charge < -0.3 is 9.73 Å². The van der Waals surface area contributed by atoms with Crippen molar-refractivity contribution >= 4 is 33.0 Å². The Morgan fingerprint density at radius 3 is 2.63 bits per heavy atom. The maximum atomic E-state index is 13.4.